The second-order valence-electron chi connectivity index (χ2n) is 7.33. The molecule has 144 valence electrons. The lowest BCUT2D eigenvalue weighted by atomic mass is 9.95. The molecule has 0 aliphatic carbocycles. The number of hydrogen-bond acceptors (Lipinski definition) is 6. The Morgan fingerprint density at radius 2 is 1.85 bits per heavy atom. The van der Waals surface area contributed by atoms with E-state index in [0.717, 1.165) is 63.2 Å². The molecular formula is C20H26N4O3. The molecule has 7 heteroatoms. The SMILES string of the molecule is COc1ccc(-c2nc(CN3CCC(C(=O)N4CCCC4)CC3)no2)cc1. The maximum absolute atomic E-state index is 12.5. The van der Waals surface area contributed by atoms with E-state index in [-0.39, 0.29) is 5.92 Å². The normalized spacial score (nSPS) is 18.8. The van der Waals surface area contributed by atoms with E-state index < -0.39 is 0 Å². The highest BCUT2D eigenvalue weighted by atomic mass is 16.5. The zero-order valence-electron chi connectivity index (χ0n) is 15.8. The van der Waals surface area contributed by atoms with Crippen molar-refractivity contribution in [2.24, 2.45) is 5.92 Å². The van der Waals surface area contributed by atoms with Gasteiger partial charge in [0, 0.05) is 24.6 Å². The molecule has 2 aliphatic heterocycles. The summed E-state index contributed by atoms with van der Waals surface area (Å²) in [6, 6.07) is 7.57. The fraction of sp³-hybridized carbons (Fsp3) is 0.550. The average molecular weight is 370 g/mol. The maximum Gasteiger partial charge on any atom is 0.257 e. The van der Waals surface area contributed by atoms with Crippen molar-refractivity contribution < 1.29 is 14.1 Å². The van der Waals surface area contributed by atoms with Gasteiger partial charge < -0.3 is 14.2 Å². The van der Waals surface area contributed by atoms with Gasteiger partial charge in [0.15, 0.2) is 5.82 Å². The number of benzene rings is 1. The molecule has 2 aliphatic rings. The molecule has 0 atom stereocenters. The van der Waals surface area contributed by atoms with Crippen molar-refractivity contribution in [2.75, 3.05) is 33.3 Å². The summed E-state index contributed by atoms with van der Waals surface area (Å²) >= 11 is 0. The van der Waals surface area contributed by atoms with Gasteiger partial charge in [0.1, 0.15) is 5.75 Å². The van der Waals surface area contributed by atoms with Crippen LogP contribution >= 0.6 is 0 Å². The molecule has 1 aromatic carbocycles. The molecule has 2 saturated heterocycles. The van der Waals surface area contributed by atoms with E-state index in [1.165, 1.54) is 0 Å². The minimum absolute atomic E-state index is 0.180. The van der Waals surface area contributed by atoms with E-state index in [1.54, 1.807) is 7.11 Å². The number of methoxy groups -OCH3 is 1. The van der Waals surface area contributed by atoms with Crippen molar-refractivity contribution in [2.45, 2.75) is 32.2 Å². The smallest absolute Gasteiger partial charge is 0.257 e. The number of carbonyl (C=O) groups is 1. The van der Waals surface area contributed by atoms with Crippen molar-refractivity contribution in [3.63, 3.8) is 0 Å². The first-order chi connectivity index (χ1) is 13.2. The number of carbonyl (C=O) groups excluding carboxylic acids is 1. The van der Waals surface area contributed by atoms with Crippen LogP contribution in [0.5, 0.6) is 5.75 Å². The summed E-state index contributed by atoms with van der Waals surface area (Å²) < 4.78 is 10.6. The monoisotopic (exact) mass is 370 g/mol. The van der Waals surface area contributed by atoms with Gasteiger partial charge in [0.25, 0.3) is 5.89 Å². The van der Waals surface area contributed by atoms with Gasteiger partial charge in [-0.15, -0.1) is 0 Å². The molecule has 0 unspecified atom stereocenters. The summed E-state index contributed by atoms with van der Waals surface area (Å²) in [5.74, 6) is 2.54. The molecule has 0 N–H and O–H groups in total. The molecule has 3 heterocycles. The van der Waals surface area contributed by atoms with Crippen LogP contribution in [0.2, 0.25) is 0 Å². The van der Waals surface area contributed by atoms with E-state index in [2.05, 4.69) is 15.0 Å². The molecule has 0 radical (unpaired) electrons. The van der Waals surface area contributed by atoms with Gasteiger partial charge in [-0.05, 0) is 63.0 Å². The lowest BCUT2D eigenvalue weighted by Gasteiger charge is -2.32. The van der Waals surface area contributed by atoms with Gasteiger partial charge in [-0.3, -0.25) is 9.69 Å². The van der Waals surface area contributed by atoms with Gasteiger partial charge in [-0.25, -0.2) is 0 Å². The van der Waals surface area contributed by atoms with Crippen molar-refractivity contribution in [3.8, 4) is 17.2 Å². The predicted octanol–water partition coefficient (Wildman–Crippen LogP) is 2.58. The number of rotatable bonds is 5. The zero-order chi connectivity index (χ0) is 18.6. The quantitative estimate of drug-likeness (QED) is 0.806. The van der Waals surface area contributed by atoms with Crippen LogP contribution in [-0.4, -0.2) is 59.1 Å². The predicted molar refractivity (Wildman–Crippen MR) is 100 cm³/mol. The van der Waals surface area contributed by atoms with E-state index in [4.69, 9.17) is 9.26 Å². The summed E-state index contributed by atoms with van der Waals surface area (Å²) in [4.78, 5) is 21.4. The first-order valence-electron chi connectivity index (χ1n) is 9.71. The van der Waals surface area contributed by atoms with E-state index in [9.17, 15) is 4.79 Å². The number of amides is 1. The Bertz CT molecular complexity index is 760. The van der Waals surface area contributed by atoms with Crippen LogP contribution in [0.1, 0.15) is 31.5 Å². The van der Waals surface area contributed by atoms with Gasteiger partial charge in [-0.1, -0.05) is 5.16 Å². The van der Waals surface area contributed by atoms with Gasteiger partial charge in [-0.2, -0.15) is 4.98 Å². The Labute approximate surface area is 159 Å². The fourth-order valence-corrected chi connectivity index (χ4v) is 3.90. The average Bonchev–Trinajstić information content (AvgIpc) is 3.40. The van der Waals surface area contributed by atoms with Gasteiger partial charge in [0.05, 0.1) is 13.7 Å². The van der Waals surface area contributed by atoms with Crippen molar-refractivity contribution >= 4 is 5.91 Å². The van der Waals surface area contributed by atoms with Crippen LogP contribution in [-0.2, 0) is 11.3 Å². The molecule has 27 heavy (non-hydrogen) atoms. The second kappa shape index (κ2) is 8.08. The molecule has 7 nitrogen and oxygen atoms in total. The van der Waals surface area contributed by atoms with Gasteiger partial charge in [0.2, 0.25) is 5.91 Å². The molecule has 0 bridgehead atoms. The molecule has 2 aromatic rings. The highest BCUT2D eigenvalue weighted by Gasteiger charge is 2.30. The number of ether oxygens (including phenoxy) is 1. The maximum atomic E-state index is 12.5. The fourth-order valence-electron chi connectivity index (χ4n) is 3.90. The Morgan fingerprint density at radius 3 is 2.52 bits per heavy atom. The van der Waals surface area contributed by atoms with E-state index >= 15 is 0 Å². The highest BCUT2D eigenvalue weighted by Crippen LogP contribution is 2.24. The van der Waals surface area contributed by atoms with Crippen LogP contribution in [0.4, 0.5) is 0 Å². The zero-order valence-corrected chi connectivity index (χ0v) is 15.8. The Kier molecular flexibility index (Phi) is 5.38. The highest BCUT2D eigenvalue weighted by molar-refractivity contribution is 5.79. The summed E-state index contributed by atoms with van der Waals surface area (Å²) in [7, 11) is 1.64. The topological polar surface area (TPSA) is 71.7 Å². The van der Waals surface area contributed by atoms with E-state index in [1.807, 2.05) is 29.2 Å². The minimum atomic E-state index is 0.180. The van der Waals surface area contributed by atoms with Crippen molar-refractivity contribution in [1.82, 2.24) is 19.9 Å². The number of nitrogens with zero attached hydrogens (tertiary/aromatic N) is 4. The third-order valence-corrected chi connectivity index (χ3v) is 5.52. The lowest BCUT2D eigenvalue weighted by molar-refractivity contribution is -0.136. The van der Waals surface area contributed by atoms with Crippen LogP contribution < -0.4 is 4.74 Å². The Hall–Kier alpha value is -2.41. The van der Waals surface area contributed by atoms with Crippen LogP contribution in [0.25, 0.3) is 11.5 Å². The summed E-state index contributed by atoms with van der Waals surface area (Å²) in [5, 5.41) is 4.11. The molecule has 1 amide bonds. The Morgan fingerprint density at radius 1 is 1.15 bits per heavy atom. The van der Waals surface area contributed by atoms with Crippen LogP contribution in [0.3, 0.4) is 0 Å². The molecule has 1 aromatic heterocycles. The number of hydrogen-bond donors (Lipinski definition) is 0. The first-order valence-corrected chi connectivity index (χ1v) is 9.71. The molecule has 0 saturated carbocycles. The standard InChI is InChI=1S/C20H26N4O3/c1-26-17-6-4-15(5-7-17)19-21-18(22-27-19)14-23-12-8-16(9-13-23)20(25)24-10-2-3-11-24/h4-7,16H,2-3,8-14H2,1H3. The third kappa shape index (κ3) is 4.13. The first kappa shape index (κ1) is 18.0. The molecule has 0 spiro atoms. The summed E-state index contributed by atoms with van der Waals surface area (Å²) in [6.45, 7) is 4.34. The molecule has 2 fully saturated rings. The second-order valence-corrected chi connectivity index (χ2v) is 7.33. The number of likely N-dealkylation sites (tertiary alicyclic amines) is 2. The summed E-state index contributed by atoms with van der Waals surface area (Å²) in [6.07, 6.45) is 4.13. The third-order valence-electron chi connectivity index (χ3n) is 5.52. The molecular weight excluding hydrogens is 344 g/mol. The minimum Gasteiger partial charge on any atom is -0.497 e. The van der Waals surface area contributed by atoms with Crippen molar-refractivity contribution in [3.05, 3.63) is 30.1 Å². The van der Waals surface area contributed by atoms with Crippen LogP contribution in [0, 0.1) is 5.92 Å². The number of aromatic nitrogens is 2. The van der Waals surface area contributed by atoms with E-state index in [0.29, 0.717) is 24.2 Å². The molecule has 4 rings (SSSR count). The number of piperidine rings is 1. The largest absolute Gasteiger partial charge is 0.497 e. The van der Waals surface area contributed by atoms with Crippen molar-refractivity contribution in [1.29, 1.82) is 0 Å². The van der Waals surface area contributed by atoms with Gasteiger partial charge >= 0.3 is 0 Å². The Balaban J connectivity index is 1.30. The lowest BCUT2D eigenvalue weighted by Crippen LogP contribution is -2.41. The van der Waals surface area contributed by atoms with Crippen LogP contribution in [0.15, 0.2) is 28.8 Å². The summed E-state index contributed by atoms with van der Waals surface area (Å²) in [5.41, 5.74) is 0.879.